The van der Waals surface area contributed by atoms with Crippen LogP contribution in [0.2, 0.25) is 0 Å². The summed E-state index contributed by atoms with van der Waals surface area (Å²) in [5, 5.41) is 3.66. The minimum absolute atomic E-state index is 0.278. The van der Waals surface area contributed by atoms with Crippen LogP contribution >= 0.6 is 0 Å². The number of rotatable bonds is 4. The number of nitrogens with two attached hydrogens (primary N) is 1. The highest BCUT2D eigenvalue weighted by molar-refractivity contribution is 5.72. The molecule has 2 heterocycles. The molecule has 2 fully saturated rings. The van der Waals surface area contributed by atoms with Gasteiger partial charge < -0.3 is 16.0 Å². The van der Waals surface area contributed by atoms with E-state index in [2.05, 4.69) is 17.1 Å². The molecule has 2 saturated heterocycles. The highest BCUT2D eigenvalue weighted by Gasteiger charge is 2.22. The van der Waals surface area contributed by atoms with Crippen molar-refractivity contribution >= 4 is 6.03 Å². The number of likely N-dealkylation sites (tertiary alicyclic amines) is 2. The van der Waals surface area contributed by atoms with Crippen LogP contribution in [0.5, 0.6) is 0 Å². The minimum atomic E-state index is -0.278. The summed E-state index contributed by atoms with van der Waals surface area (Å²) in [7, 11) is 0. The lowest BCUT2D eigenvalue weighted by Gasteiger charge is -2.35. The van der Waals surface area contributed by atoms with Crippen molar-refractivity contribution < 1.29 is 4.79 Å². The van der Waals surface area contributed by atoms with Crippen LogP contribution in [0.25, 0.3) is 0 Å². The highest BCUT2D eigenvalue weighted by Crippen LogP contribution is 2.13. The Bertz CT molecular complexity index is 283. The van der Waals surface area contributed by atoms with Gasteiger partial charge in [0.15, 0.2) is 0 Å². The molecule has 2 rings (SSSR count). The second kappa shape index (κ2) is 7.10. The first-order chi connectivity index (χ1) is 9.16. The number of nitrogens with one attached hydrogen (secondary N) is 1. The van der Waals surface area contributed by atoms with Crippen LogP contribution in [0, 0.1) is 0 Å². The van der Waals surface area contributed by atoms with Crippen LogP contribution in [0.15, 0.2) is 0 Å². The van der Waals surface area contributed by atoms with E-state index in [0.717, 1.165) is 32.5 Å². The van der Waals surface area contributed by atoms with Crippen LogP contribution < -0.4 is 11.1 Å². The Hall–Kier alpha value is -0.810. The molecular weight excluding hydrogens is 240 g/mol. The molecule has 0 radical (unpaired) electrons. The first-order valence-electron chi connectivity index (χ1n) is 7.68. The lowest BCUT2D eigenvalue weighted by atomic mass is 10.0. The van der Waals surface area contributed by atoms with Gasteiger partial charge in [0.25, 0.3) is 0 Å². The van der Waals surface area contributed by atoms with Crippen molar-refractivity contribution in [1.82, 2.24) is 15.1 Å². The fourth-order valence-corrected chi connectivity index (χ4v) is 3.13. The Labute approximate surface area is 116 Å². The summed E-state index contributed by atoms with van der Waals surface area (Å²) in [4.78, 5) is 15.4. The number of hydrogen-bond acceptors (Lipinski definition) is 3. The Morgan fingerprint density at radius 2 is 1.84 bits per heavy atom. The second-order valence-electron chi connectivity index (χ2n) is 5.95. The van der Waals surface area contributed by atoms with Crippen LogP contribution in [0.4, 0.5) is 4.79 Å². The average molecular weight is 268 g/mol. The van der Waals surface area contributed by atoms with Gasteiger partial charge in [0.2, 0.25) is 0 Å². The summed E-state index contributed by atoms with van der Waals surface area (Å²) in [6.07, 6.45) is 6.14. The third kappa shape index (κ3) is 4.35. The van der Waals surface area contributed by atoms with Crippen molar-refractivity contribution in [1.29, 1.82) is 0 Å². The maximum atomic E-state index is 11.1. The summed E-state index contributed by atoms with van der Waals surface area (Å²) in [5.41, 5.74) is 5.29. The van der Waals surface area contributed by atoms with Crippen molar-refractivity contribution in [3.63, 3.8) is 0 Å². The number of piperidine rings is 2. The number of primary amides is 1. The van der Waals surface area contributed by atoms with Crippen LogP contribution in [-0.4, -0.2) is 60.6 Å². The van der Waals surface area contributed by atoms with Gasteiger partial charge in [-0.05, 0) is 45.7 Å². The minimum Gasteiger partial charge on any atom is -0.351 e. The van der Waals surface area contributed by atoms with E-state index in [0.29, 0.717) is 12.1 Å². The topological polar surface area (TPSA) is 61.6 Å². The Morgan fingerprint density at radius 3 is 2.42 bits per heavy atom. The maximum absolute atomic E-state index is 11.1. The van der Waals surface area contributed by atoms with Crippen molar-refractivity contribution in [2.24, 2.45) is 5.73 Å². The summed E-state index contributed by atoms with van der Waals surface area (Å²) in [6.45, 7) is 7.47. The van der Waals surface area contributed by atoms with Gasteiger partial charge in [-0.1, -0.05) is 6.42 Å². The van der Waals surface area contributed by atoms with Crippen molar-refractivity contribution in [3.8, 4) is 0 Å². The normalized spacial score (nSPS) is 24.4. The molecule has 0 spiro atoms. The van der Waals surface area contributed by atoms with Gasteiger partial charge in [-0.3, -0.25) is 4.90 Å². The predicted molar refractivity (Wildman–Crippen MR) is 77.1 cm³/mol. The number of carbonyl (C=O) groups excluding carboxylic acids is 1. The summed E-state index contributed by atoms with van der Waals surface area (Å²) in [6, 6.07) is 0.887. The zero-order chi connectivity index (χ0) is 13.7. The van der Waals surface area contributed by atoms with Crippen molar-refractivity contribution in [2.45, 2.75) is 51.1 Å². The monoisotopic (exact) mass is 268 g/mol. The van der Waals surface area contributed by atoms with E-state index in [1.807, 2.05) is 0 Å². The number of nitrogens with zero attached hydrogens (tertiary/aromatic N) is 2. The van der Waals surface area contributed by atoms with Gasteiger partial charge in [0, 0.05) is 31.7 Å². The number of amides is 2. The first kappa shape index (κ1) is 14.6. The van der Waals surface area contributed by atoms with Crippen molar-refractivity contribution in [2.75, 3.05) is 32.7 Å². The van der Waals surface area contributed by atoms with E-state index in [-0.39, 0.29) is 6.03 Å². The number of hydrogen-bond donors (Lipinski definition) is 2. The van der Waals surface area contributed by atoms with Crippen LogP contribution in [0.3, 0.4) is 0 Å². The van der Waals surface area contributed by atoms with Gasteiger partial charge in [-0.15, -0.1) is 0 Å². The highest BCUT2D eigenvalue weighted by atomic mass is 16.2. The third-order valence-electron chi connectivity index (χ3n) is 4.52. The number of urea groups is 1. The van der Waals surface area contributed by atoms with E-state index in [1.54, 1.807) is 4.90 Å². The van der Waals surface area contributed by atoms with E-state index in [1.165, 1.54) is 32.4 Å². The summed E-state index contributed by atoms with van der Waals surface area (Å²) in [5.74, 6) is 0. The molecule has 0 saturated carbocycles. The van der Waals surface area contributed by atoms with Crippen LogP contribution in [-0.2, 0) is 0 Å². The molecule has 0 aromatic heterocycles. The molecule has 0 aliphatic carbocycles. The molecule has 5 nitrogen and oxygen atoms in total. The zero-order valence-corrected chi connectivity index (χ0v) is 12.1. The van der Waals surface area contributed by atoms with E-state index >= 15 is 0 Å². The lowest BCUT2D eigenvalue weighted by molar-refractivity contribution is 0.157. The van der Waals surface area contributed by atoms with E-state index in [4.69, 9.17) is 5.73 Å². The molecule has 2 aliphatic heterocycles. The molecule has 0 aromatic rings. The average Bonchev–Trinajstić information content (AvgIpc) is 2.46. The molecule has 1 atom stereocenters. The molecule has 110 valence electrons. The molecule has 19 heavy (non-hydrogen) atoms. The Kier molecular flexibility index (Phi) is 5.45. The zero-order valence-electron chi connectivity index (χ0n) is 12.1. The third-order valence-corrected chi connectivity index (χ3v) is 4.52. The SMILES string of the molecule is CC(CNC1CCN(C(N)=O)CC1)N1CCCCC1. The van der Waals surface area contributed by atoms with E-state index < -0.39 is 0 Å². The summed E-state index contributed by atoms with van der Waals surface area (Å²) >= 11 is 0. The molecule has 0 bridgehead atoms. The summed E-state index contributed by atoms with van der Waals surface area (Å²) < 4.78 is 0. The smallest absolute Gasteiger partial charge is 0.314 e. The van der Waals surface area contributed by atoms with Crippen LogP contribution in [0.1, 0.15) is 39.0 Å². The molecule has 2 amide bonds. The molecule has 0 aromatic carbocycles. The predicted octanol–water partition coefficient (Wildman–Crippen LogP) is 0.994. The largest absolute Gasteiger partial charge is 0.351 e. The molecule has 2 aliphatic rings. The first-order valence-corrected chi connectivity index (χ1v) is 7.68. The number of carbonyl (C=O) groups is 1. The Morgan fingerprint density at radius 1 is 1.21 bits per heavy atom. The maximum Gasteiger partial charge on any atom is 0.314 e. The second-order valence-corrected chi connectivity index (χ2v) is 5.95. The van der Waals surface area contributed by atoms with Gasteiger partial charge >= 0.3 is 6.03 Å². The van der Waals surface area contributed by atoms with Crippen molar-refractivity contribution in [3.05, 3.63) is 0 Å². The quantitative estimate of drug-likeness (QED) is 0.799. The molecule has 5 heteroatoms. The van der Waals surface area contributed by atoms with Gasteiger partial charge in [0.1, 0.15) is 0 Å². The van der Waals surface area contributed by atoms with Gasteiger partial charge in [-0.2, -0.15) is 0 Å². The van der Waals surface area contributed by atoms with E-state index in [9.17, 15) is 4.79 Å². The Balaban J connectivity index is 1.64. The fourth-order valence-electron chi connectivity index (χ4n) is 3.13. The molecule has 3 N–H and O–H groups in total. The fraction of sp³-hybridized carbons (Fsp3) is 0.929. The molecular formula is C14H28N4O. The van der Waals surface area contributed by atoms with Gasteiger partial charge in [-0.25, -0.2) is 4.79 Å². The lowest BCUT2D eigenvalue weighted by Crippen LogP contribution is -2.50. The molecule has 1 unspecified atom stereocenters. The van der Waals surface area contributed by atoms with Gasteiger partial charge in [0.05, 0.1) is 0 Å². The standard InChI is InChI=1S/C14H28N4O/c1-12(17-7-3-2-4-8-17)11-16-13-5-9-18(10-6-13)14(15)19/h12-13,16H,2-11H2,1H3,(H2,15,19).